The fourth-order valence-electron chi connectivity index (χ4n) is 2.17. The standard InChI is InChI=1S/C16H13FN2O2/c1-20-11-8-6-10(7-9-11)14-15(21-19-16(14)18)12-4-2-3-5-13(12)17/h2-9H,1H3,(H2,18,19). The van der Waals surface area contributed by atoms with Crippen molar-refractivity contribution in [2.24, 2.45) is 0 Å². The lowest BCUT2D eigenvalue weighted by Gasteiger charge is -2.05. The van der Waals surface area contributed by atoms with Crippen LogP contribution in [0.2, 0.25) is 0 Å². The Bertz CT molecular complexity index is 766. The number of benzene rings is 2. The number of hydrogen-bond acceptors (Lipinski definition) is 4. The molecule has 0 saturated carbocycles. The molecule has 1 aromatic heterocycles. The molecule has 0 spiro atoms. The zero-order chi connectivity index (χ0) is 14.8. The van der Waals surface area contributed by atoms with Crippen molar-refractivity contribution < 1.29 is 13.7 Å². The van der Waals surface area contributed by atoms with Gasteiger partial charge in [0.25, 0.3) is 0 Å². The van der Waals surface area contributed by atoms with Crippen molar-refractivity contribution in [2.45, 2.75) is 0 Å². The van der Waals surface area contributed by atoms with Crippen LogP contribution in [0.1, 0.15) is 0 Å². The monoisotopic (exact) mass is 284 g/mol. The smallest absolute Gasteiger partial charge is 0.179 e. The number of hydrogen-bond donors (Lipinski definition) is 1. The number of aromatic nitrogens is 1. The molecule has 0 radical (unpaired) electrons. The Hall–Kier alpha value is -2.82. The molecule has 0 fully saturated rings. The summed E-state index contributed by atoms with van der Waals surface area (Å²) in [5.74, 6) is 0.874. The molecule has 2 aromatic carbocycles. The molecule has 0 bridgehead atoms. The topological polar surface area (TPSA) is 61.3 Å². The van der Waals surface area contributed by atoms with E-state index in [1.807, 2.05) is 12.1 Å². The predicted octanol–water partition coefficient (Wildman–Crippen LogP) is 3.74. The number of ether oxygens (including phenoxy) is 1. The van der Waals surface area contributed by atoms with Crippen molar-refractivity contribution in [3.05, 3.63) is 54.3 Å². The van der Waals surface area contributed by atoms with Gasteiger partial charge in [0.1, 0.15) is 11.6 Å². The number of nitrogen functional groups attached to an aromatic ring is 1. The first kappa shape index (κ1) is 13.2. The molecule has 106 valence electrons. The Labute approximate surface area is 120 Å². The van der Waals surface area contributed by atoms with Gasteiger partial charge in [-0.3, -0.25) is 0 Å². The Morgan fingerprint density at radius 1 is 1.10 bits per heavy atom. The Morgan fingerprint density at radius 2 is 1.81 bits per heavy atom. The molecular weight excluding hydrogens is 271 g/mol. The molecule has 1 heterocycles. The average Bonchev–Trinajstić information content (AvgIpc) is 2.89. The van der Waals surface area contributed by atoms with Gasteiger partial charge in [0.2, 0.25) is 0 Å². The van der Waals surface area contributed by atoms with E-state index in [0.29, 0.717) is 16.9 Å². The van der Waals surface area contributed by atoms with Crippen LogP contribution >= 0.6 is 0 Å². The zero-order valence-electron chi connectivity index (χ0n) is 11.3. The lowest BCUT2D eigenvalue weighted by Crippen LogP contribution is -1.90. The second kappa shape index (κ2) is 5.28. The lowest BCUT2D eigenvalue weighted by atomic mass is 10.0. The highest BCUT2D eigenvalue weighted by molar-refractivity contribution is 5.86. The van der Waals surface area contributed by atoms with Crippen LogP contribution < -0.4 is 10.5 Å². The van der Waals surface area contributed by atoms with Gasteiger partial charge in [0.05, 0.1) is 18.2 Å². The minimum Gasteiger partial charge on any atom is -0.497 e. The number of halogens is 1. The molecule has 0 saturated heterocycles. The molecule has 0 atom stereocenters. The van der Waals surface area contributed by atoms with Gasteiger partial charge < -0.3 is 15.0 Å². The van der Waals surface area contributed by atoms with E-state index in [-0.39, 0.29) is 11.6 Å². The molecule has 21 heavy (non-hydrogen) atoms. The third-order valence-corrected chi connectivity index (χ3v) is 3.22. The van der Waals surface area contributed by atoms with Gasteiger partial charge >= 0.3 is 0 Å². The highest BCUT2D eigenvalue weighted by Crippen LogP contribution is 2.37. The van der Waals surface area contributed by atoms with E-state index in [0.717, 1.165) is 11.3 Å². The molecular formula is C16H13FN2O2. The fourth-order valence-corrected chi connectivity index (χ4v) is 2.17. The van der Waals surface area contributed by atoms with Crippen LogP contribution in [-0.4, -0.2) is 12.3 Å². The molecule has 3 rings (SSSR count). The first-order valence-electron chi connectivity index (χ1n) is 6.35. The van der Waals surface area contributed by atoms with E-state index in [9.17, 15) is 4.39 Å². The van der Waals surface area contributed by atoms with Crippen LogP contribution in [0.15, 0.2) is 53.1 Å². The second-order valence-electron chi connectivity index (χ2n) is 4.48. The first-order chi connectivity index (χ1) is 10.2. The van der Waals surface area contributed by atoms with Crippen LogP contribution in [0, 0.1) is 5.82 Å². The first-order valence-corrected chi connectivity index (χ1v) is 6.35. The summed E-state index contributed by atoms with van der Waals surface area (Å²) in [4.78, 5) is 0. The largest absolute Gasteiger partial charge is 0.497 e. The van der Waals surface area contributed by atoms with E-state index in [1.165, 1.54) is 6.07 Å². The lowest BCUT2D eigenvalue weighted by molar-refractivity contribution is 0.415. The van der Waals surface area contributed by atoms with Crippen molar-refractivity contribution in [2.75, 3.05) is 12.8 Å². The Balaban J connectivity index is 2.15. The number of methoxy groups -OCH3 is 1. The minimum absolute atomic E-state index is 0.221. The van der Waals surface area contributed by atoms with Crippen LogP contribution in [0.4, 0.5) is 10.2 Å². The summed E-state index contributed by atoms with van der Waals surface area (Å²) in [6, 6.07) is 13.6. The summed E-state index contributed by atoms with van der Waals surface area (Å²) >= 11 is 0. The molecule has 0 aliphatic rings. The molecule has 3 aromatic rings. The fraction of sp³-hybridized carbons (Fsp3) is 0.0625. The highest BCUT2D eigenvalue weighted by Gasteiger charge is 2.20. The van der Waals surface area contributed by atoms with E-state index in [1.54, 1.807) is 37.4 Å². The van der Waals surface area contributed by atoms with Crippen molar-refractivity contribution in [3.8, 4) is 28.2 Å². The van der Waals surface area contributed by atoms with Gasteiger partial charge in [-0.25, -0.2) is 4.39 Å². The molecule has 0 unspecified atom stereocenters. The molecule has 4 nitrogen and oxygen atoms in total. The van der Waals surface area contributed by atoms with E-state index in [4.69, 9.17) is 15.0 Å². The van der Waals surface area contributed by atoms with Gasteiger partial charge in [0, 0.05) is 0 Å². The third kappa shape index (κ3) is 2.33. The van der Waals surface area contributed by atoms with Crippen molar-refractivity contribution in [1.29, 1.82) is 0 Å². The maximum absolute atomic E-state index is 14.0. The maximum atomic E-state index is 14.0. The zero-order valence-corrected chi connectivity index (χ0v) is 11.3. The van der Waals surface area contributed by atoms with Crippen LogP contribution in [-0.2, 0) is 0 Å². The Morgan fingerprint density at radius 3 is 2.48 bits per heavy atom. The second-order valence-corrected chi connectivity index (χ2v) is 4.48. The quantitative estimate of drug-likeness (QED) is 0.796. The minimum atomic E-state index is -0.386. The summed E-state index contributed by atoms with van der Waals surface area (Å²) in [5, 5.41) is 3.76. The normalized spacial score (nSPS) is 10.6. The predicted molar refractivity (Wildman–Crippen MR) is 78.3 cm³/mol. The maximum Gasteiger partial charge on any atom is 0.179 e. The molecule has 0 amide bonds. The van der Waals surface area contributed by atoms with Crippen LogP contribution in [0.25, 0.3) is 22.5 Å². The van der Waals surface area contributed by atoms with E-state index in [2.05, 4.69) is 5.16 Å². The van der Waals surface area contributed by atoms with E-state index >= 15 is 0 Å². The van der Waals surface area contributed by atoms with Gasteiger partial charge in [-0.2, -0.15) is 0 Å². The SMILES string of the molecule is COc1ccc(-c2c(N)noc2-c2ccccc2F)cc1. The summed E-state index contributed by atoms with van der Waals surface area (Å²) in [7, 11) is 1.59. The van der Waals surface area contributed by atoms with Crippen molar-refractivity contribution in [1.82, 2.24) is 5.16 Å². The van der Waals surface area contributed by atoms with Gasteiger partial charge in [0.15, 0.2) is 11.6 Å². The van der Waals surface area contributed by atoms with E-state index < -0.39 is 0 Å². The van der Waals surface area contributed by atoms with Crippen LogP contribution in [0.5, 0.6) is 5.75 Å². The number of nitrogens with two attached hydrogens (primary N) is 1. The van der Waals surface area contributed by atoms with Crippen molar-refractivity contribution >= 4 is 5.82 Å². The average molecular weight is 284 g/mol. The summed E-state index contributed by atoms with van der Waals surface area (Å²) in [5.41, 5.74) is 7.56. The molecule has 5 heteroatoms. The van der Waals surface area contributed by atoms with Gasteiger partial charge in [-0.15, -0.1) is 0 Å². The molecule has 0 aliphatic heterocycles. The summed E-state index contributed by atoms with van der Waals surface area (Å²) < 4.78 is 24.3. The summed E-state index contributed by atoms with van der Waals surface area (Å²) in [6.45, 7) is 0. The molecule has 0 aliphatic carbocycles. The van der Waals surface area contributed by atoms with Crippen molar-refractivity contribution in [3.63, 3.8) is 0 Å². The number of anilines is 1. The number of rotatable bonds is 3. The highest BCUT2D eigenvalue weighted by atomic mass is 19.1. The third-order valence-electron chi connectivity index (χ3n) is 3.22. The van der Waals surface area contributed by atoms with Gasteiger partial charge in [-0.05, 0) is 29.8 Å². The van der Waals surface area contributed by atoms with Crippen LogP contribution in [0.3, 0.4) is 0 Å². The van der Waals surface area contributed by atoms with Gasteiger partial charge in [-0.1, -0.05) is 29.4 Å². The number of nitrogens with zero attached hydrogens (tertiary/aromatic N) is 1. The Kier molecular flexibility index (Phi) is 3.31. The molecule has 2 N–H and O–H groups in total. The summed E-state index contributed by atoms with van der Waals surface area (Å²) in [6.07, 6.45) is 0.